The van der Waals surface area contributed by atoms with Crippen LogP contribution in [-0.2, 0) is 9.53 Å². The lowest BCUT2D eigenvalue weighted by atomic mass is 10.1. The number of imidazole rings is 1. The molecule has 2 aromatic carbocycles. The lowest BCUT2D eigenvalue weighted by Gasteiger charge is -2.14. The summed E-state index contributed by atoms with van der Waals surface area (Å²) in [5, 5.41) is 3.14. The molecule has 1 heterocycles. The highest BCUT2D eigenvalue weighted by atomic mass is 35.5. The molecule has 1 aromatic heterocycles. The number of aromatic amines is 1. The topological polar surface area (TPSA) is 84.1 Å². The zero-order chi connectivity index (χ0) is 21.1. The van der Waals surface area contributed by atoms with E-state index in [1.54, 1.807) is 42.5 Å². The molecule has 0 aliphatic carbocycles. The van der Waals surface area contributed by atoms with Gasteiger partial charge in [0.05, 0.1) is 27.0 Å². The van der Waals surface area contributed by atoms with Crippen molar-refractivity contribution in [1.29, 1.82) is 0 Å². The number of ether oxygens (including phenoxy) is 1. The number of carbonyl (C=O) groups is 2. The van der Waals surface area contributed by atoms with E-state index in [1.807, 2.05) is 13.8 Å². The molecule has 0 spiro atoms. The first-order valence-corrected chi connectivity index (χ1v) is 9.61. The van der Waals surface area contributed by atoms with Gasteiger partial charge in [0, 0.05) is 11.3 Å². The Morgan fingerprint density at radius 2 is 1.79 bits per heavy atom. The van der Waals surface area contributed by atoms with E-state index >= 15 is 0 Å². The minimum Gasteiger partial charge on any atom is -0.449 e. The zero-order valence-electron chi connectivity index (χ0n) is 16.0. The molecule has 0 aliphatic heterocycles. The van der Waals surface area contributed by atoms with Crippen LogP contribution in [0, 0.1) is 13.8 Å². The zero-order valence-corrected chi connectivity index (χ0v) is 17.6. The van der Waals surface area contributed by atoms with E-state index in [9.17, 15) is 9.59 Å². The van der Waals surface area contributed by atoms with Crippen LogP contribution in [0.1, 0.15) is 28.7 Å². The minimum absolute atomic E-state index is 0.222. The number of aryl methyl sites for hydroxylation is 2. The summed E-state index contributed by atoms with van der Waals surface area (Å²) in [6.45, 7) is 5.35. The summed E-state index contributed by atoms with van der Waals surface area (Å²) in [6, 6.07) is 11.7. The summed E-state index contributed by atoms with van der Waals surface area (Å²) in [4.78, 5) is 32.3. The lowest BCUT2D eigenvalue weighted by molar-refractivity contribution is -0.123. The third-order valence-electron chi connectivity index (χ3n) is 4.38. The van der Waals surface area contributed by atoms with Crippen molar-refractivity contribution in [2.75, 3.05) is 5.32 Å². The first kappa shape index (κ1) is 20.9. The van der Waals surface area contributed by atoms with Gasteiger partial charge < -0.3 is 15.0 Å². The Morgan fingerprint density at radius 1 is 1.10 bits per heavy atom. The number of rotatable bonds is 5. The second kappa shape index (κ2) is 8.68. The predicted octanol–water partition coefficient (Wildman–Crippen LogP) is 5.18. The van der Waals surface area contributed by atoms with E-state index in [0.717, 1.165) is 22.8 Å². The second-order valence-corrected chi connectivity index (χ2v) is 7.30. The van der Waals surface area contributed by atoms with Crippen molar-refractivity contribution in [2.24, 2.45) is 0 Å². The third-order valence-corrected chi connectivity index (χ3v) is 5.20. The van der Waals surface area contributed by atoms with Gasteiger partial charge in [-0.3, -0.25) is 4.79 Å². The summed E-state index contributed by atoms with van der Waals surface area (Å²) < 4.78 is 5.26. The van der Waals surface area contributed by atoms with Crippen molar-refractivity contribution in [1.82, 2.24) is 9.97 Å². The lowest BCUT2D eigenvalue weighted by Crippen LogP contribution is -2.30. The Bertz CT molecular complexity index is 1040. The van der Waals surface area contributed by atoms with Crippen molar-refractivity contribution >= 4 is 40.8 Å². The second-order valence-electron chi connectivity index (χ2n) is 6.51. The number of nitrogens with zero attached hydrogens (tertiary/aromatic N) is 1. The maximum absolute atomic E-state index is 12.4. The number of esters is 1. The smallest absolute Gasteiger partial charge is 0.338 e. The van der Waals surface area contributed by atoms with Gasteiger partial charge in [-0.15, -0.1) is 0 Å². The molecule has 29 heavy (non-hydrogen) atoms. The van der Waals surface area contributed by atoms with E-state index in [2.05, 4.69) is 15.3 Å². The summed E-state index contributed by atoms with van der Waals surface area (Å²) in [5.41, 5.74) is 3.43. The standard InChI is InChI=1S/C21H19Cl2N3O3/c1-11-12(2)25-19(24-11)14-7-9-15(10-8-14)21(28)29-13(3)20(27)26-17-6-4-5-16(22)18(17)23/h4-10,13H,1-3H3,(H,24,25)(H,26,27). The first-order chi connectivity index (χ1) is 13.8. The number of hydrogen-bond donors (Lipinski definition) is 2. The van der Waals surface area contributed by atoms with Crippen LogP contribution < -0.4 is 5.32 Å². The molecule has 2 N–H and O–H groups in total. The normalized spacial score (nSPS) is 11.8. The van der Waals surface area contributed by atoms with Crippen LogP contribution in [0.25, 0.3) is 11.4 Å². The number of benzene rings is 2. The van der Waals surface area contributed by atoms with E-state index in [0.29, 0.717) is 16.3 Å². The van der Waals surface area contributed by atoms with Gasteiger partial charge in [0.15, 0.2) is 6.10 Å². The highest BCUT2D eigenvalue weighted by Crippen LogP contribution is 2.29. The van der Waals surface area contributed by atoms with E-state index < -0.39 is 18.0 Å². The van der Waals surface area contributed by atoms with E-state index in [-0.39, 0.29) is 5.02 Å². The van der Waals surface area contributed by atoms with Crippen molar-refractivity contribution in [3.63, 3.8) is 0 Å². The molecule has 8 heteroatoms. The van der Waals surface area contributed by atoms with Crippen LogP contribution in [0.3, 0.4) is 0 Å². The molecule has 0 bridgehead atoms. The predicted molar refractivity (Wildman–Crippen MR) is 113 cm³/mol. The number of nitrogens with one attached hydrogen (secondary N) is 2. The van der Waals surface area contributed by atoms with Gasteiger partial charge >= 0.3 is 5.97 Å². The van der Waals surface area contributed by atoms with Gasteiger partial charge in [0.1, 0.15) is 5.82 Å². The number of aromatic nitrogens is 2. The third kappa shape index (κ3) is 4.78. The van der Waals surface area contributed by atoms with Gasteiger partial charge in [-0.2, -0.15) is 0 Å². The number of carbonyl (C=O) groups excluding carboxylic acids is 2. The quantitative estimate of drug-likeness (QED) is 0.544. The van der Waals surface area contributed by atoms with Crippen LogP contribution >= 0.6 is 23.2 Å². The van der Waals surface area contributed by atoms with Crippen LogP contribution in [-0.4, -0.2) is 27.9 Å². The molecule has 0 saturated heterocycles. The number of hydrogen-bond acceptors (Lipinski definition) is 4. The first-order valence-electron chi connectivity index (χ1n) is 8.85. The molecule has 1 amide bonds. The molecule has 0 radical (unpaired) electrons. The fourth-order valence-electron chi connectivity index (χ4n) is 2.57. The SMILES string of the molecule is Cc1nc(-c2ccc(C(=O)OC(C)C(=O)Nc3cccc(Cl)c3Cl)cc2)[nH]c1C. The molecular formula is C21H19Cl2N3O3. The molecule has 3 aromatic rings. The van der Waals surface area contributed by atoms with E-state index in [4.69, 9.17) is 27.9 Å². The van der Waals surface area contributed by atoms with Gasteiger partial charge in [0.25, 0.3) is 5.91 Å². The largest absolute Gasteiger partial charge is 0.449 e. The molecular weight excluding hydrogens is 413 g/mol. The fraction of sp³-hybridized carbons (Fsp3) is 0.190. The molecule has 1 atom stereocenters. The van der Waals surface area contributed by atoms with Gasteiger partial charge in [-0.05, 0) is 45.0 Å². The monoisotopic (exact) mass is 431 g/mol. The Labute approximate surface area is 178 Å². The highest BCUT2D eigenvalue weighted by molar-refractivity contribution is 6.44. The molecule has 1 unspecified atom stereocenters. The summed E-state index contributed by atoms with van der Waals surface area (Å²) in [5.74, 6) is -0.394. The van der Waals surface area contributed by atoms with Crippen LogP contribution in [0.5, 0.6) is 0 Å². The van der Waals surface area contributed by atoms with Crippen LogP contribution in [0.15, 0.2) is 42.5 Å². The van der Waals surface area contributed by atoms with Crippen molar-refractivity contribution in [3.05, 3.63) is 69.5 Å². The highest BCUT2D eigenvalue weighted by Gasteiger charge is 2.20. The molecule has 6 nitrogen and oxygen atoms in total. The maximum Gasteiger partial charge on any atom is 0.338 e. The molecule has 0 aliphatic rings. The summed E-state index contributed by atoms with van der Waals surface area (Å²) in [6.07, 6.45) is -1.02. The van der Waals surface area contributed by atoms with Crippen LogP contribution in [0.4, 0.5) is 5.69 Å². The Balaban J connectivity index is 1.64. The molecule has 150 valence electrons. The molecule has 3 rings (SSSR count). The van der Waals surface area contributed by atoms with Crippen LogP contribution in [0.2, 0.25) is 10.0 Å². The van der Waals surface area contributed by atoms with Crippen molar-refractivity contribution in [3.8, 4) is 11.4 Å². The number of H-pyrrole nitrogens is 1. The average Bonchev–Trinajstić information content (AvgIpc) is 3.04. The number of amides is 1. The minimum atomic E-state index is -1.02. The Kier molecular flexibility index (Phi) is 6.25. The van der Waals surface area contributed by atoms with Crippen molar-refractivity contribution in [2.45, 2.75) is 26.9 Å². The molecule has 0 saturated carbocycles. The summed E-state index contributed by atoms with van der Waals surface area (Å²) >= 11 is 12.0. The molecule has 0 fully saturated rings. The van der Waals surface area contributed by atoms with E-state index in [1.165, 1.54) is 6.92 Å². The maximum atomic E-state index is 12.4. The Hall–Kier alpha value is -2.83. The Morgan fingerprint density at radius 3 is 2.41 bits per heavy atom. The van der Waals surface area contributed by atoms with Crippen molar-refractivity contribution < 1.29 is 14.3 Å². The fourth-order valence-corrected chi connectivity index (χ4v) is 2.91. The average molecular weight is 432 g/mol. The van der Waals surface area contributed by atoms with Gasteiger partial charge in [-0.1, -0.05) is 41.4 Å². The van der Waals surface area contributed by atoms with Gasteiger partial charge in [-0.25, -0.2) is 9.78 Å². The van der Waals surface area contributed by atoms with Gasteiger partial charge in [0.2, 0.25) is 0 Å². The summed E-state index contributed by atoms with van der Waals surface area (Å²) in [7, 11) is 0. The number of anilines is 1. The number of halogens is 2.